The predicted molar refractivity (Wildman–Crippen MR) is 71.4 cm³/mol. The number of aliphatic carboxylic acids is 1. The van der Waals surface area contributed by atoms with Gasteiger partial charge < -0.3 is 10.4 Å². The number of rotatable bonds is 8. The van der Waals surface area contributed by atoms with Crippen molar-refractivity contribution < 1.29 is 14.7 Å². The summed E-state index contributed by atoms with van der Waals surface area (Å²) in [6.07, 6.45) is 2.20. The summed E-state index contributed by atoms with van der Waals surface area (Å²) in [5.41, 5.74) is 0.187. The Kier molecular flexibility index (Phi) is 7.59. The van der Waals surface area contributed by atoms with Gasteiger partial charge in [0, 0.05) is 6.54 Å². The molecule has 0 aromatic heterocycles. The molecule has 0 saturated carbocycles. The molecule has 0 heterocycles. The van der Waals surface area contributed by atoms with Gasteiger partial charge in [0.25, 0.3) is 0 Å². The van der Waals surface area contributed by atoms with Crippen LogP contribution in [0, 0.1) is 5.41 Å². The minimum absolute atomic E-state index is 0.0567. The molecule has 0 aromatic carbocycles. The van der Waals surface area contributed by atoms with Crippen LogP contribution in [0.15, 0.2) is 0 Å². The summed E-state index contributed by atoms with van der Waals surface area (Å²) in [6.45, 7) is 8.93. The molecule has 0 rings (SSSR count). The van der Waals surface area contributed by atoms with E-state index < -0.39 is 12.0 Å². The van der Waals surface area contributed by atoms with Crippen LogP contribution in [0.3, 0.4) is 0 Å². The van der Waals surface area contributed by atoms with Gasteiger partial charge in [0.05, 0.1) is 6.54 Å². The van der Waals surface area contributed by atoms with Gasteiger partial charge in [-0.15, -0.1) is 0 Å². The van der Waals surface area contributed by atoms with E-state index in [0.717, 1.165) is 12.8 Å². The van der Waals surface area contributed by atoms with E-state index in [2.05, 4.69) is 31.4 Å². The lowest BCUT2D eigenvalue weighted by atomic mass is 9.92. The fourth-order valence-electron chi connectivity index (χ4n) is 1.46. The molecule has 0 bridgehead atoms. The van der Waals surface area contributed by atoms with Crippen LogP contribution in [0.1, 0.15) is 47.0 Å². The standard InChI is InChI=1S/C13H26N2O3/c1-5-6-10(12(17)18)15-9-11(16)14-8-7-13(2,3)4/h10,15H,5-9H2,1-4H3,(H,14,16)(H,17,18). The minimum atomic E-state index is -0.903. The Morgan fingerprint density at radius 1 is 1.28 bits per heavy atom. The molecule has 0 aliphatic carbocycles. The molecule has 0 saturated heterocycles. The van der Waals surface area contributed by atoms with Crippen LogP contribution >= 0.6 is 0 Å². The van der Waals surface area contributed by atoms with E-state index in [4.69, 9.17) is 5.11 Å². The molecule has 106 valence electrons. The van der Waals surface area contributed by atoms with Crippen molar-refractivity contribution in [3.8, 4) is 0 Å². The Balaban J connectivity index is 3.84. The fraction of sp³-hybridized carbons (Fsp3) is 0.846. The maximum atomic E-state index is 11.5. The zero-order valence-electron chi connectivity index (χ0n) is 11.9. The highest BCUT2D eigenvalue weighted by Crippen LogP contribution is 2.16. The average Bonchev–Trinajstić information content (AvgIpc) is 2.21. The molecule has 0 aromatic rings. The number of carbonyl (C=O) groups is 2. The van der Waals surface area contributed by atoms with Crippen molar-refractivity contribution in [1.82, 2.24) is 10.6 Å². The molecular formula is C13H26N2O3. The maximum Gasteiger partial charge on any atom is 0.320 e. The van der Waals surface area contributed by atoms with Crippen LogP contribution in [0.5, 0.6) is 0 Å². The predicted octanol–water partition coefficient (Wildman–Crippen LogP) is 1.38. The first kappa shape index (κ1) is 16.9. The quantitative estimate of drug-likeness (QED) is 0.614. The lowest BCUT2D eigenvalue weighted by molar-refractivity contribution is -0.139. The SMILES string of the molecule is CCCC(NCC(=O)NCCC(C)(C)C)C(=O)O. The molecule has 0 spiro atoms. The number of carboxylic acids is 1. The second-order valence-corrected chi connectivity index (χ2v) is 5.72. The van der Waals surface area contributed by atoms with Crippen molar-refractivity contribution in [2.24, 2.45) is 5.41 Å². The lowest BCUT2D eigenvalue weighted by Crippen LogP contribution is -2.43. The Morgan fingerprint density at radius 3 is 2.33 bits per heavy atom. The van der Waals surface area contributed by atoms with Gasteiger partial charge in [-0.3, -0.25) is 14.9 Å². The average molecular weight is 258 g/mol. The first-order chi connectivity index (χ1) is 8.26. The zero-order valence-corrected chi connectivity index (χ0v) is 11.9. The molecule has 1 unspecified atom stereocenters. The highest BCUT2D eigenvalue weighted by Gasteiger charge is 2.16. The Hall–Kier alpha value is -1.10. The molecule has 1 atom stereocenters. The van der Waals surface area contributed by atoms with Gasteiger partial charge in [0.2, 0.25) is 5.91 Å². The van der Waals surface area contributed by atoms with Gasteiger partial charge in [0.15, 0.2) is 0 Å². The summed E-state index contributed by atoms with van der Waals surface area (Å²) in [6, 6.07) is -0.636. The van der Waals surface area contributed by atoms with Gasteiger partial charge in [-0.2, -0.15) is 0 Å². The van der Waals surface area contributed by atoms with Gasteiger partial charge in [-0.25, -0.2) is 0 Å². The molecule has 5 nitrogen and oxygen atoms in total. The summed E-state index contributed by atoms with van der Waals surface area (Å²) in [4.78, 5) is 22.3. The molecule has 0 fully saturated rings. The second kappa shape index (κ2) is 8.08. The van der Waals surface area contributed by atoms with E-state index >= 15 is 0 Å². The third-order valence-corrected chi connectivity index (χ3v) is 2.58. The number of carbonyl (C=O) groups excluding carboxylic acids is 1. The van der Waals surface area contributed by atoms with Gasteiger partial charge >= 0.3 is 5.97 Å². The van der Waals surface area contributed by atoms with Crippen LogP contribution in [-0.2, 0) is 9.59 Å². The number of carboxylic acid groups (broad SMARTS) is 1. The van der Waals surface area contributed by atoms with Crippen molar-refractivity contribution >= 4 is 11.9 Å². The molecule has 0 aliphatic heterocycles. The highest BCUT2D eigenvalue weighted by molar-refractivity contribution is 5.79. The fourth-order valence-corrected chi connectivity index (χ4v) is 1.46. The summed E-state index contributed by atoms with van der Waals surface area (Å²) >= 11 is 0. The molecular weight excluding hydrogens is 232 g/mol. The van der Waals surface area contributed by atoms with E-state index in [1.54, 1.807) is 0 Å². The van der Waals surface area contributed by atoms with E-state index in [1.807, 2.05) is 6.92 Å². The Bertz CT molecular complexity index is 272. The van der Waals surface area contributed by atoms with Crippen molar-refractivity contribution in [2.75, 3.05) is 13.1 Å². The topological polar surface area (TPSA) is 78.4 Å². The maximum absolute atomic E-state index is 11.5. The van der Waals surface area contributed by atoms with Crippen LogP contribution in [0.4, 0.5) is 0 Å². The van der Waals surface area contributed by atoms with Crippen molar-refractivity contribution in [3.63, 3.8) is 0 Å². The summed E-state index contributed by atoms with van der Waals surface area (Å²) in [7, 11) is 0. The van der Waals surface area contributed by atoms with E-state index in [-0.39, 0.29) is 17.9 Å². The van der Waals surface area contributed by atoms with Crippen LogP contribution < -0.4 is 10.6 Å². The summed E-state index contributed by atoms with van der Waals surface area (Å²) in [5.74, 6) is -1.05. The van der Waals surface area contributed by atoms with Gasteiger partial charge in [-0.1, -0.05) is 34.1 Å². The van der Waals surface area contributed by atoms with Gasteiger partial charge in [0.1, 0.15) is 6.04 Å². The molecule has 18 heavy (non-hydrogen) atoms. The van der Waals surface area contributed by atoms with Crippen molar-refractivity contribution in [3.05, 3.63) is 0 Å². The van der Waals surface area contributed by atoms with Crippen LogP contribution in [0.25, 0.3) is 0 Å². The number of amides is 1. The third kappa shape index (κ3) is 8.98. The summed E-state index contributed by atoms with van der Waals surface area (Å²) in [5, 5.41) is 14.4. The third-order valence-electron chi connectivity index (χ3n) is 2.58. The Labute approximate surface area is 109 Å². The van der Waals surface area contributed by atoms with E-state index in [1.165, 1.54) is 0 Å². The first-order valence-corrected chi connectivity index (χ1v) is 6.49. The molecule has 5 heteroatoms. The normalized spacial score (nSPS) is 13.1. The largest absolute Gasteiger partial charge is 0.480 e. The molecule has 0 aliphatic rings. The number of nitrogens with one attached hydrogen (secondary N) is 2. The molecule has 3 N–H and O–H groups in total. The first-order valence-electron chi connectivity index (χ1n) is 6.49. The van der Waals surface area contributed by atoms with Gasteiger partial charge in [-0.05, 0) is 18.3 Å². The minimum Gasteiger partial charge on any atom is -0.480 e. The van der Waals surface area contributed by atoms with Crippen molar-refractivity contribution in [2.45, 2.75) is 53.0 Å². The second-order valence-electron chi connectivity index (χ2n) is 5.72. The molecule has 0 radical (unpaired) electrons. The van der Waals surface area contributed by atoms with Crippen LogP contribution in [0.2, 0.25) is 0 Å². The number of hydrogen-bond acceptors (Lipinski definition) is 3. The molecule has 1 amide bonds. The monoisotopic (exact) mass is 258 g/mol. The van der Waals surface area contributed by atoms with E-state index in [0.29, 0.717) is 13.0 Å². The smallest absolute Gasteiger partial charge is 0.320 e. The zero-order chi connectivity index (χ0) is 14.2. The lowest BCUT2D eigenvalue weighted by Gasteiger charge is -2.18. The summed E-state index contributed by atoms with van der Waals surface area (Å²) < 4.78 is 0. The van der Waals surface area contributed by atoms with Crippen LogP contribution in [-0.4, -0.2) is 36.1 Å². The van der Waals surface area contributed by atoms with E-state index in [9.17, 15) is 9.59 Å². The Morgan fingerprint density at radius 2 is 1.89 bits per heavy atom. The number of hydrogen-bond donors (Lipinski definition) is 3. The van der Waals surface area contributed by atoms with Crippen molar-refractivity contribution in [1.29, 1.82) is 0 Å². The highest BCUT2D eigenvalue weighted by atomic mass is 16.4.